The molecule has 0 radical (unpaired) electrons. The van der Waals surface area contributed by atoms with Crippen LogP contribution < -0.4 is 5.73 Å². The minimum absolute atomic E-state index is 0.103. The molecular weight excluding hydrogens is 190 g/mol. The van der Waals surface area contributed by atoms with Gasteiger partial charge in [0.15, 0.2) is 0 Å². The van der Waals surface area contributed by atoms with Crippen molar-refractivity contribution in [2.45, 2.75) is 64.8 Å². The van der Waals surface area contributed by atoms with Crippen molar-refractivity contribution in [3.63, 3.8) is 0 Å². The first-order valence-corrected chi connectivity index (χ1v) is 5.99. The van der Waals surface area contributed by atoms with E-state index < -0.39 is 5.97 Å². The Morgan fingerprint density at radius 1 is 1.13 bits per heavy atom. The van der Waals surface area contributed by atoms with E-state index in [4.69, 9.17) is 10.8 Å². The van der Waals surface area contributed by atoms with Crippen molar-refractivity contribution in [2.24, 2.45) is 11.7 Å². The van der Waals surface area contributed by atoms with Crippen LogP contribution in [0, 0.1) is 5.92 Å². The van der Waals surface area contributed by atoms with Crippen LogP contribution in [0.1, 0.15) is 58.8 Å². The van der Waals surface area contributed by atoms with E-state index in [0.29, 0.717) is 0 Å². The third-order valence-electron chi connectivity index (χ3n) is 2.54. The molecule has 0 aliphatic rings. The molecule has 3 nitrogen and oxygen atoms in total. The summed E-state index contributed by atoms with van der Waals surface area (Å²) in [6, 6.07) is -0.160. The van der Waals surface area contributed by atoms with Crippen LogP contribution in [0.5, 0.6) is 0 Å². The highest BCUT2D eigenvalue weighted by molar-refractivity contribution is 5.67. The molecule has 3 N–H and O–H groups in total. The lowest BCUT2D eigenvalue weighted by Crippen LogP contribution is -2.23. The van der Waals surface area contributed by atoms with Crippen LogP contribution in [0.15, 0.2) is 0 Å². The van der Waals surface area contributed by atoms with Crippen molar-refractivity contribution >= 4 is 5.97 Å². The van der Waals surface area contributed by atoms with Crippen LogP contribution >= 0.6 is 0 Å². The van der Waals surface area contributed by atoms with Gasteiger partial charge in [-0.3, -0.25) is 4.79 Å². The van der Waals surface area contributed by atoms with E-state index in [9.17, 15) is 4.79 Å². The number of nitrogens with two attached hydrogens (primary N) is 1. The first-order valence-electron chi connectivity index (χ1n) is 5.99. The summed E-state index contributed by atoms with van der Waals surface area (Å²) < 4.78 is 0. The zero-order valence-corrected chi connectivity index (χ0v) is 10.0. The summed E-state index contributed by atoms with van der Waals surface area (Å²) in [7, 11) is 0. The van der Waals surface area contributed by atoms with E-state index in [2.05, 4.69) is 13.8 Å². The highest BCUT2D eigenvalue weighted by Gasteiger charge is 2.06. The fraction of sp³-hybridized carbons (Fsp3) is 0.917. The van der Waals surface area contributed by atoms with Crippen LogP contribution in [0.2, 0.25) is 0 Å². The van der Waals surface area contributed by atoms with Crippen LogP contribution in [0.3, 0.4) is 0 Å². The van der Waals surface area contributed by atoms with Crippen LogP contribution in [-0.2, 0) is 4.79 Å². The van der Waals surface area contributed by atoms with Crippen molar-refractivity contribution in [1.82, 2.24) is 0 Å². The first-order chi connectivity index (χ1) is 7.02. The molecule has 0 amide bonds. The summed E-state index contributed by atoms with van der Waals surface area (Å²) in [5.41, 5.74) is 5.66. The molecule has 1 atom stereocenters. The van der Waals surface area contributed by atoms with Gasteiger partial charge in [0, 0.05) is 6.04 Å². The topological polar surface area (TPSA) is 63.3 Å². The molecule has 0 saturated heterocycles. The summed E-state index contributed by atoms with van der Waals surface area (Å²) >= 11 is 0. The average molecular weight is 215 g/mol. The lowest BCUT2D eigenvalue weighted by Gasteiger charge is -2.08. The molecule has 0 aromatic rings. The molecule has 90 valence electrons. The van der Waals surface area contributed by atoms with Gasteiger partial charge in [0.25, 0.3) is 0 Å². The molecule has 0 aromatic carbocycles. The Morgan fingerprint density at radius 2 is 1.67 bits per heavy atom. The Hall–Kier alpha value is -0.570. The van der Waals surface area contributed by atoms with Crippen molar-refractivity contribution in [1.29, 1.82) is 0 Å². The number of aliphatic carboxylic acids is 1. The lowest BCUT2D eigenvalue weighted by molar-refractivity contribution is -0.137. The zero-order chi connectivity index (χ0) is 11.7. The highest BCUT2D eigenvalue weighted by atomic mass is 16.4. The van der Waals surface area contributed by atoms with Gasteiger partial charge in [0.05, 0.1) is 6.42 Å². The van der Waals surface area contributed by atoms with Gasteiger partial charge in [-0.1, -0.05) is 46.0 Å². The molecule has 0 aliphatic carbocycles. The normalized spacial score (nSPS) is 13.1. The van der Waals surface area contributed by atoms with Crippen molar-refractivity contribution in [2.75, 3.05) is 0 Å². The third kappa shape index (κ3) is 11.4. The van der Waals surface area contributed by atoms with E-state index in [1.54, 1.807) is 0 Å². The predicted octanol–water partition coefficient (Wildman–Crippen LogP) is 2.79. The lowest BCUT2D eigenvalue weighted by atomic mass is 10.0. The summed E-state index contributed by atoms with van der Waals surface area (Å²) in [6.07, 6.45) is 7.01. The number of unbranched alkanes of at least 4 members (excludes halogenated alkanes) is 3. The molecule has 0 aliphatic heterocycles. The number of carboxylic acid groups (broad SMARTS) is 1. The van der Waals surface area contributed by atoms with E-state index in [0.717, 1.165) is 18.8 Å². The maximum Gasteiger partial charge on any atom is 0.304 e. The zero-order valence-electron chi connectivity index (χ0n) is 10.0. The Bertz CT molecular complexity index is 169. The number of hydrogen-bond donors (Lipinski definition) is 2. The SMILES string of the molecule is CC(C)CCCCCCC(N)CC(=O)O. The Kier molecular flexibility index (Phi) is 8.38. The van der Waals surface area contributed by atoms with Gasteiger partial charge in [-0.15, -0.1) is 0 Å². The highest BCUT2D eigenvalue weighted by Crippen LogP contribution is 2.11. The number of rotatable bonds is 9. The predicted molar refractivity (Wildman–Crippen MR) is 62.8 cm³/mol. The Balaban J connectivity index is 3.20. The largest absolute Gasteiger partial charge is 0.481 e. The van der Waals surface area contributed by atoms with E-state index in [1.165, 1.54) is 25.7 Å². The van der Waals surface area contributed by atoms with Gasteiger partial charge < -0.3 is 10.8 Å². The van der Waals surface area contributed by atoms with E-state index >= 15 is 0 Å². The monoisotopic (exact) mass is 215 g/mol. The van der Waals surface area contributed by atoms with Crippen molar-refractivity contribution in [3.8, 4) is 0 Å². The molecule has 1 unspecified atom stereocenters. The molecule has 0 heterocycles. The molecule has 0 saturated carbocycles. The fourth-order valence-electron chi connectivity index (χ4n) is 1.64. The molecule has 0 aromatic heterocycles. The van der Waals surface area contributed by atoms with Gasteiger partial charge in [-0.05, 0) is 12.3 Å². The van der Waals surface area contributed by atoms with Crippen LogP contribution in [-0.4, -0.2) is 17.1 Å². The van der Waals surface area contributed by atoms with Crippen molar-refractivity contribution in [3.05, 3.63) is 0 Å². The van der Waals surface area contributed by atoms with Crippen LogP contribution in [0.25, 0.3) is 0 Å². The summed E-state index contributed by atoms with van der Waals surface area (Å²) in [4.78, 5) is 10.3. The summed E-state index contributed by atoms with van der Waals surface area (Å²) in [5.74, 6) is 0.00146. The Labute approximate surface area is 93.0 Å². The smallest absolute Gasteiger partial charge is 0.304 e. The minimum atomic E-state index is -0.790. The van der Waals surface area contributed by atoms with Gasteiger partial charge in [0.2, 0.25) is 0 Å². The van der Waals surface area contributed by atoms with E-state index in [1.807, 2.05) is 0 Å². The number of hydrogen-bond acceptors (Lipinski definition) is 2. The minimum Gasteiger partial charge on any atom is -0.481 e. The van der Waals surface area contributed by atoms with Gasteiger partial charge in [0.1, 0.15) is 0 Å². The quantitative estimate of drug-likeness (QED) is 0.581. The van der Waals surface area contributed by atoms with E-state index in [-0.39, 0.29) is 12.5 Å². The van der Waals surface area contributed by atoms with Crippen molar-refractivity contribution < 1.29 is 9.90 Å². The maximum atomic E-state index is 10.3. The maximum absolute atomic E-state index is 10.3. The van der Waals surface area contributed by atoms with Crippen LogP contribution in [0.4, 0.5) is 0 Å². The molecule has 0 rings (SSSR count). The molecule has 15 heavy (non-hydrogen) atoms. The number of carbonyl (C=O) groups is 1. The fourth-order valence-corrected chi connectivity index (χ4v) is 1.64. The molecule has 3 heteroatoms. The molecule has 0 spiro atoms. The summed E-state index contributed by atoms with van der Waals surface area (Å²) in [5, 5.41) is 8.51. The average Bonchev–Trinajstić information content (AvgIpc) is 2.09. The first kappa shape index (κ1) is 14.4. The standard InChI is InChI=1S/C12H25NO2/c1-10(2)7-5-3-4-6-8-11(13)9-12(14)15/h10-11H,3-9,13H2,1-2H3,(H,14,15). The summed E-state index contributed by atoms with van der Waals surface area (Å²) in [6.45, 7) is 4.48. The van der Waals surface area contributed by atoms with Gasteiger partial charge >= 0.3 is 5.97 Å². The van der Waals surface area contributed by atoms with Gasteiger partial charge in [-0.2, -0.15) is 0 Å². The number of carboxylic acids is 1. The second-order valence-electron chi connectivity index (χ2n) is 4.74. The molecular formula is C12H25NO2. The molecule has 0 fully saturated rings. The van der Waals surface area contributed by atoms with Gasteiger partial charge in [-0.25, -0.2) is 0 Å². The third-order valence-corrected chi connectivity index (χ3v) is 2.54. The second kappa shape index (κ2) is 8.72. The Morgan fingerprint density at radius 3 is 2.13 bits per heavy atom. The second-order valence-corrected chi connectivity index (χ2v) is 4.74. The molecule has 0 bridgehead atoms.